The van der Waals surface area contributed by atoms with E-state index in [1.165, 1.54) is 24.3 Å². The quantitative estimate of drug-likeness (QED) is 0.702. The van der Waals surface area contributed by atoms with Gasteiger partial charge in [0, 0.05) is 35.8 Å². The molecule has 102 valence electrons. The summed E-state index contributed by atoms with van der Waals surface area (Å²) < 4.78 is 33.9. The Kier molecular flexibility index (Phi) is 3.14. The van der Waals surface area contributed by atoms with E-state index < -0.39 is 0 Å². The number of aryl methyl sites for hydroxylation is 1. The summed E-state index contributed by atoms with van der Waals surface area (Å²) in [4.78, 5) is 0. The minimum Gasteiger partial charge on any atom is -0.489 e. The molecule has 0 radical (unpaired) electrons. The number of fused-ring (bicyclic) bond motifs is 1. The van der Waals surface area contributed by atoms with Crippen LogP contribution < -0.4 is 4.74 Å². The lowest BCUT2D eigenvalue weighted by Crippen LogP contribution is -1.95. The summed E-state index contributed by atoms with van der Waals surface area (Å²) in [7, 11) is 1.89. The fourth-order valence-corrected chi connectivity index (χ4v) is 2.28. The van der Waals surface area contributed by atoms with E-state index in [-0.39, 0.29) is 18.2 Å². The van der Waals surface area contributed by atoms with Gasteiger partial charge in [0.1, 0.15) is 24.0 Å². The molecule has 4 heteroatoms. The Morgan fingerprint density at radius 2 is 1.85 bits per heavy atom. The van der Waals surface area contributed by atoms with Crippen molar-refractivity contribution in [3.05, 3.63) is 65.9 Å². The number of rotatable bonds is 3. The van der Waals surface area contributed by atoms with Gasteiger partial charge >= 0.3 is 0 Å². The minimum absolute atomic E-state index is 0.268. The summed E-state index contributed by atoms with van der Waals surface area (Å²) in [5.41, 5.74) is 1.80. The van der Waals surface area contributed by atoms with Gasteiger partial charge in [-0.3, -0.25) is 0 Å². The van der Waals surface area contributed by atoms with Crippen molar-refractivity contribution in [1.29, 1.82) is 0 Å². The van der Waals surface area contributed by atoms with Crippen molar-refractivity contribution in [2.45, 2.75) is 6.61 Å². The monoisotopic (exact) mass is 273 g/mol. The second kappa shape index (κ2) is 4.96. The molecule has 0 N–H and O–H groups in total. The fourth-order valence-electron chi connectivity index (χ4n) is 2.28. The summed E-state index contributed by atoms with van der Waals surface area (Å²) in [6.07, 6.45) is 1.89. The van der Waals surface area contributed by atoms with Gasteiger partial charge in [0.2, 0.25) is 0 Å². The van der Waals surface area contributed by atoms with Crippen molar-refractivity contribution in [2.75, 3.05) is 0 Å². The van der Waals surface area contributed by atoms with Crippen LogP contribution in [0.2, 0.25) is 0 Å². The Morgan fingerprint density at radius 3 is 2.65 bits per heavy atom. The smallest absolute Gasteiger partial charge is 0.126 e. The molecule has 3 aromatic rings. The first-order chi connectivity index (χ1) is 9.63. The first kappa shape index (κ1) is 12.7. The predicted molar refractivity (Wildman–Crippen MR) is 73.6 cm³/mol. The van der Waals surface area contributed by atoms with Gasteiger partial charge in [-0.2, -0.15) is 0 Å². The summed E-state index contributed by atoms with van der Waals surface area (Å²) >= 11 is 0. The second-order valence-corrected chi connectivity index (χ2v) is 4.67. The Hall–Kier alpha value is -2.36. The van der Waals surface area contributed by atoms with Crippen molar-refractivity contribution >= 4 is 10.9 Å². The van der Waals surface area contributed by atoms with E-state index in [1.54, 1.807) is 18.2 Å². The molecule has 0 aliphatic heterocycles. The summed E-state index contributed by atoms with van der Waals surface area (Å²) in [6, 6.07) is 10.6. The standard InChI is InChI=1S/C16H13F2NO/c1-19-9-11(15-8-13(18)5-6-16(15)19)10-20-14-4-2-3-12(17)7-14/h2-9H,10H2,1H3. The van der Waals surface area contributed by atoms with E-state index in [4.69, 9.17) is 4.74 Å². The molecule has 1 heterocycles. The van der Waals surface area contributed by atoms with Crippen LogP contribution in [-0.2, 0) is 13.7 Å². The summed E-state index contributed by atoms with van der Waals surface area (Å²) in [6.45, 7) is 0.268. The summed E-state index contributed by atoms with van der Waals surface area (Å²) in [5.74, 6) is -0.166. The number of ether oxygens (including phenoxy) is 1. The molecule has 2 nitrogen and oxygen atoms in total. The highest BCUT2D eigenvalue weighted by Gasteiger charge is 2.08. The maximum absolute atomic E-state index is 13.3. The lowest BCUT2D eigenvalue weighted by molar-refractivity contribution is 0.306. The number of nitrogens with zero attached hydrogens (tertiary/aromatic N) is 1. The molecule has 0 fully saturated rings. The lowest BCUT2D eigenvalue weighted by Gasteiger charge is -2.05. The van der Waals surface area contributed by atoms with Gasteiger partial charge in [-0.1, -0.05) is 6.07 Å². The van der Waals surface area contributed by atoms with Crippen LogP contribution in [-0.4, -0.2) is 4.57 Å². The van der Waals surface area contributed by atoms with Crippen LogP contribution in [0.25, 0.3) is 10.9 Å². The maximum Gasteiger partial charge on any atom is 0.126 e. The van der Waals surface area contributed by atoms with Crippen LogP contribution in [0.15, 0.2) is 48.7 Å². The highest BCUT2D eigenvalue weighted by Crippen LogP contribution is 2.23. The molecule has 0 aliphatic carbocycles. The molecule has 0 atom stereocenters. The summed E-state index contributed by atoms with van der Waals surface area (Å²) in [5, 5.41) is 0.809. The molecular formula is C16H13F2NO. The molecule has 1 aromatic heterocycles. The highest BCUT2D eigenvalue weighted by atomic mass is 19.1. The molecule has 3 rings (SSSR count). The zero-order valence-electron chi connectivity index (χ0n) is 10.9. The third kappa shape index (κ3) is 2.37. The SMILES string of the molecule is Cn1cc(COc2cccc(F)c2)c2cc(F)ccc21. The van der Waals surface area contributed by atoms with Crippen LogP contribution in [0.1, 0.15) is 5.56 Å². The third-order valence-corrected chi connectivity index (χ3v) is 3.22. The van der Waals surface area contributed by atoms with Gasteiger partial charge in [0.25, 0.3) is 0 Å². The average Bonchev–Trinajstić information content (AvgIpc) is 2.73. The van der Waals surface area contributed by atoms with E-state index in [2.05, 4.69) is 0 Å². The zero-order chi connectivity index (χ0) is 14.1. The molecule has 0 amide bonds. The van der Waals surface area contributed by atoms with Crippen LogP contribution in [0.4, 0.5) is 8.78 Å². The first-order valence-corrected chi connectivity index (χ1v) is 6.25. The van der Waals surface area contributed by atoms with Crippen molar-refractivity contribution in [1.82, 2.24) is 4.57 Å². The molecular weight excluding hydrogens is 260 g/mol. The Labute approximate surface area is 115 Å². The lowest BCUT2D eigenvalue weighted by atomic mass is 10.2. The number of hydrogen-bond donors (Lipinski definition) is 0. The molecule has 0 bridgehead atoms. The number of aromatic nitrogens is 1. The first-order valence-electron chi connectivity index (χ1n) is 6.25. The van der Waals surface area contributed by atoms with E-state index in [9.17, 15) is 8.78 Å². The minimum atomic E-state index is -0.341. The highest BCUT2D eigenvalue weighted by molar-refractivity contribution is 5.83. The number of benzene rings is 2. The predicted octanol–water partition coefficient (Wildman–Crippen LogP) is 4.04. The van der Waals surface area contributed by atoms with Crippen LogP contribution in [0.5, 0.6) is 5.75 Å². The Morgan fingerprint density at radius 1 is 1.05 bits per heavy atom. The molecule has 0 spiro atoms. The van der Waals surface area contributed by atoms with E-state index >= 15 is 0 Å². The van der Waals surface area contributed by atoms with Crippen LogP contribution in [0.3, 0.4) is 0 Å². The molecule has 0 aliphatic rings. The van der Waals surface area contributed by atoms with Gasteiger partial charge in [-0.25, -0.2) is 8.78 Å². The Bertz CT molecular complexity index is 764. The van der Waals surface area contributed by atoms with Gasteiger partial charge in [0.15, 0.2) is 0 Å². The van der Waals surface area contributed by atoms with Crippen molar-refractivity contribution < 1.29 is 13.5 Å². The van der Waals surface area contributed by atoms with Gasteiger partial charge in [-0.05, 0) is 30.3 Å². The van der Waals surface area contributed by atoms with Gasteiger partial charge < -0.3 is 9.30 Å². The maximum atomic E-state index is 13.3. The molecule has 0 saturated carbocycles. The second-order valence-electron chi connectivity index (χ2n) is 4.67. The van der Waals surface area contributed by atoms with E-state index in [0.29, 0.717) is 5.75 Å². The van der Waals surface area contributed by atoms with Crippen LogP contribution >= 0.6 is 0 Å². The molecule has 2 aromatic carbocycles. The molecule has 20 heavy (non-hydrogen) atoms. The Balaban J connectivity index is 1.89. The van der Waals surface area contributed by atoms with E-state index in [0.717, 1.165) is 16.5 Å². The zero-order valence-corrected chi connectivity index (χ0v) is 10.9. The van der Waals surface area contributed by atoms with Gasteiger partial charge in [0.05, 0.1) is 0 Å². The van der Waals surface area contributed by atoms with E-state index in [1.807, 2.05) is 17.8 Å². The normalized spacial score (nSPS) is 10.9. The molecule has 0 saturated heterocycles. The van der Waals surface area contributed by atoms with Crippen molar-refractivity contribution in [3.63, 3.8) is 0 Å². The largest absolute Gasteiger partial charge is 0.489 e. The fraction of sp³-hybridized carbons (Fsp3) is 0.125. The number of halogens is 2. The van der Waals surface area contributed by atoms with Crippen LogP contribution in [0, 0.1) is 11.6 Å². The van der Waals surface area contributed by atoms with Crippen molar-refractivity contribution in [3.8, 4) is 5.75 Å². The number of hydrogen-bond acceptors (Lipinski definition) is 1. The molecule has 0 unspecified atom stereocenters. The van der Waals surface area contributed by atoms with Crippen molar-refractivity contribution in [2.24, 2.45) is 7.05 Å². The topological polar surface area (TPSA) is 14.2 Å². The van der Waals surface area contributed by atoms with Gasteiger partial charge in [-0.15, -0.1) is 0 Å². The average molecular weight is 273 g/mol. The third-order valence-electron chi connectivity index (χ3n) is 3.22.